The van der Waals surface area contributed by atoms with Gasteiger partial charge in [-0.05, 0) is 54.1 Å². The molecule has 6 heteroatoms. The van der Waals surface area contributed by atoms with E-state index < -0.39 is 0 Å². The maximum Gasteiger partial charge on any atom is 0.337 e. The zero-order valence-electron chi connectivity index (χ0n) is 18.2. The summed E-state index contributed by atoms with van der Waals surface area (Å²) in [5, 5.41) is 3.35. The monoisotopic (exact) mass is 429 g/mol. The van der Waals surface area contributed by atoms with Crippen molar-refractivity contribution in [2.24, 2.45) is 0 Å². The summed E-state index contributed by atoms with van der Waals surface area (Å²) in [6.45, 7) is 3.73. The van der Waals surface area contributed by atoms with E-state index in [0.29, 0.717) is 17.7 Å². The Morgan fingerprint density at radius 1 is 0.812 bits per heavy atom. The molecule has 6 nitrogen and oxygen atoms in total. The summed E-state index contributed by atoms with van der Waals surface area (Å²) >= 11 is 0. The summed E-state index contributed by atoms with van der Waals surface area (Å²) in [7, 11) is 1.37. The molecule has 1 saturated heterocycles. The van der Waals surface area contributed by atoms with Gasteiger partial charge in [0.2, 0.25) is 0 Å². The molecule has 0 aliphatic carbocycles. The number of para-hydroxylation sites is 1. The van der Waals surface area contributed by atoms with Crippen LogP contribution in [-0.4, -0.2) is 50.1 Å². The van der Waals surface area contributed by atoms with Gasteiger partial charge in [0.15, 0.2) is 0 Å². The highest BCUT2D eigenvalue weighted by Gasteiger charge is 2.22. The number of piperazine rings is 1. The predicted molar refractivity (Wildman–Crippen MR) is 126 cm³/mol. The van der Waals surface area contributed by atoms with E-state index >= 15 is 0 Å². The third kappa shape index (κ3) is 5.09. The van der Waals surface area contributed by atoms with Crippen molar-refractivity contribution < 1.29 is 14.3 Å². The van der Waals surface area contributed by atoms with Gasteiger partial charge in [0, 0.05) is 49.7 Å². The number of hydrogen-bond acceptors (Lipinski definition) is 5. The van der Waals surface area contributed by atoms with Crippen LogP contribution in [0.15, 0.2) is 78.9 Å². The third-order valence-corrected chi connectivity index (χ3v) is 5.69. The van der Waals surface area contributed by atoms with Crippen molar-refractivity contribution in [1.82, 2.24) is 4.90 Å². The highest BCUT2D eigenvalue weighted by Crippen LogP contribution is 2.18. The van der Waals surface area contributed by atoms with Crippen molar-refractivity contribution in [2.45, 2.75) is 6.54 Å². The Morgan fingerprint density at radius 3 is 2.06 bits per heavy atom. The Bertz CT molecular complexity index is 1040. The molecule has 1 heterocycles. The largest absolute Gasteiger partial charge is 0.465 e. The molecule has 0 unspecified atom stereocenters. The van der Waals surface area contributed by atoms with E-state index in [2.05, 4.69) is 22.3 Å². The molecule has 0 radical (unpaired) electrons. The van der Waals surface area contributed by atoms with Crippen LogP contribution in [0.4, 0.5) is 11.4 Å². The van der Waals surface area contributed by atoms with Gasteiger partial charge in [-0.1, -0.05) is 30.3 Å². The maximum atomic E-state index is 12.9. The molecule has 0 atom stereocenters. The molecule has 1 aliphatic heterocycles. The first-order valence-corrected chi connectivity index (χ1v) is 10.7. The number of amides is 1. The summed E-state index contributed by atoms with van der Waals surface area (Å²) in [4.78, 5) is 28.6. The van der Waals surface area contributed by atoms with E-state index in [9.17, 15) is 9.59 Å². The number of hydrogen-bond donors (Lipinski definition) is 1. The van der Waals surface area contributed by atoms with E-state index in [4.69, 9.17) is 4.74 Å². The van der Waals surface area contributed by atoms with Crippen LogP contribution >= 0.6 is 0 Å². The van der Waals surface area contributed by atoms with Gasteiger partial charge in [-0.2, -0.15) is 0 Å². The normalized spacial score (nSPS) is 13.5. The van der Waals surface area contributed by atoms with Gasteiger partial charge < -0.3 is 19.9 Å². The lowest BCUT2D eigenvalue weighted by molar-refractivity contribution is 0.0600. The minimum absolute atomic E-state index is 0.0719. The molecule has 3 aromatic rings. The van der Waals surface area contributed by atoms with Crippen molar-refractivity contribution in [1.29, 1.82) is 0 Å². The number of benzene rings is 3. The molecule has 4 rings (SSSR count). The molecule has 164 valence electrons. The number of methoxy groups -OCH3 is 1. The minimum atomic E-state index is -0.341. The van der Waals surface area contributed by atoms with Crippen LogP contribution in [0.25, 0.3) is 0 Å². The Kier molecular flexibility index (Phi) is 6.70. The van der Waals surface area contributed by atoms with E-state index in [-0.39, 0.29) is 11.9 Å². The lowest BCUT2D eigenvalue weighted by atomic mass is 10.1. The number of rotatable bonds is 6. The van der Waals surface area contributed by atoms with Crippen LogP contribution in [0.5, 0.6) is 0 Å². The molecule has 1 aliphatic rings. The van der Waals surface area contributed by atoms with E-state index in [1.165, 1.54) is 12.8 Å². The highest BCUT2D eigenvalue weighted by atomic mass is 16.5. The zero-order chi connectivity index (χ0) is 22.3. The summed E-state index contributed by atoms with van der Waals surface area (Å²) in [5.74, 6) is -0.270. The van der Waals surface area contributed by atoms with Crippen LogP contribution in [0, 0.1) is 0 Å². The molecule has 0 spiro atoms. The van der Waals surface area contributed by atoms with Gasteiger partial charge in [-0.15, -0.1) is 0 Å². The van der Waals surface area contributed by atoms with Crippen molar-refractivity contribution in [3.63, 3.8) is 0 Å². The summed E-state index contributed by atoms with van der Waals surface area (Å²) in [5.41, 5.74) is 4.42. The van der Waals surface area contributed by atoms with Gasteiger partial charge in [0.1, 0.15) is 0 Å². The van der Waals surface area contributed by atoms with Crippen LogP contribution < -0.4 is 10.2 Å². The van der Waals surface area contributed by atoms with Crippen LogP contribution in [0.3, 0.4) is 0 Å². The lowest BCUT2D eigenvalue weighted by Gasteiger charge is -2.36. The number of nitrogens with one attached hydrogen (secondary N) is 1. The second-order valence-electron chi connectivity index (χ2n) is 7.73. The fourth-order valence-corrected chi connectivity index (χ4v) is 3.80. The highest BCUT2D eigenvalue weighted by molar-refractivity contribution is 5.94. The molecule has 1 amide bonds. The van der Waals surface area contributed by atoms with E-state index in [1.807, 2.05) is 59.5 Å². The standard InChI is InChI=1S/C26H27N3O3/c1-32-26(31)22-9-7-20(8-10-22)19-27-23-13-11-21(12-14-23)25(30)29-17-15-28(16-18-29)24-5-3-2-4-6-24/h2-14,27H,15-19H2,1H3. The zero-order valence-corrected chi connectivity index (χ0v) is 18.2. The number of carbonyl (C=O) groups excluding carboxylic acids is 2. The first-order chi connectivity index (χ1) is 15.6. The van der Waals surface area contributed by atoms with Gasteiger partial charge in [0.25, 0.3) is 5.91 Å². The molecule has 0 aromatic heterocycles. The second kappa shape index (κ2) is 10.0. The number of nitrogens with zero attached hydrogens (tertiary/aromatic N) is 2. The van der Waals surface area contributed by atoms with Crippen molar-refractivity contribution in [3.8, 4) is 0 Å². The fourth-order valence-electron chi connectivity index (χ4n) is 3.80. The molecule has 1 fully saturated rings. The topological polar surface area (TPSA) is 61.9 Å². The first-order valence-electron chi connectivity index (χ1n) is 10.7. The predicted octanol–water partition coefficient (Wildman–Crippen LogP) is 4.05. The van der Waals surface area contributed by atoms with Crippen LogP contribution in [0.1, 0.15) is 26.3 Å². The van der Waals surface area contributed by atoms with Crippen LogP contribution in [-0.2, 0) is 11.3 Å². The summed E-state index contributed by atoms with van der Waals surface area (Å²) < 4.78 is 4.72. The van der Waals surface area contributed by atoms with Gasteiger partial charge >= 0.3 is 5.97 Å². The number of anilines is 2. The third-order valence-electron chi connectivity index (χ3n) is 5.69. The molecule has 0 saturated carbocycles. The number of carbonyl (C=O) groups is 2. The number of esters is 1. The van der Waals surface area contributed by atoms with Gasteiger partial charge in [-0.25, -0.2) is 4.79 Å². The molecular formula is C26H27N3O3. The van der Waals surface area contributed by atoms with Crippen molar-refractivity contribution >= 4 is 23.3 Å². The quantitative estimate of drug-likeness (QED) is 0.599. The van der Waals surface area contributed by atoms with Crippen molar-refractivity contribution in [3.05, 3.63) is 95.6 Å². The lowest BCUT2D eigenvalue weighted by Crippen LogP contribution is -2.48. The Balaban J connectivity index is 1.29. The molecule has 3 aromatic carbocycles. The van der Waals surface area contributed by atoms with Crippen molar-refractivity contribution in [2.75, 3.05) is 43.5 Å². The smallest absolute Gasteiger partial charge is 0.337 e. The van der Waals surface area contributed by atoms with E-state index in [0.717, 1.165) is 37.4 Å². The molecule has 0 bridgehead atoms. The molecular weight excluding hydrogens is 402 g/mol. The minimum Gasteiger partial charge on any atom is -0.465 e. The van der Waals surface area contributed by atoms with E-state index in [1.54, 1.807) is 12.1 Å². The van der Waals surface area contributed by atoms with Gasteiger partial charge in [0.05, 0.1) is 12.7 Å². The second-order valence-corrected chi connectivity index (χ2v) is 7.73. The average Bonchev–Trinajstić information content (AvgIpc) is 2.88. The van der Waals surface area contributed by atoms with Crippen LogP contribution in [0.2, 0.25) is 0 Å². The summed E-state index contributed by atoms with van der Waals surface area (Å²) in [6.07, 6.45) is 0. The Morgan fingerprint density at radius 2 is 1.44 bits per heavy atom. The first kappa shape index (κ1) is 21.4. The summed E-state index contributed by atoms with van der Waals surface area (Å²) in [6, 6.07) is 25.2. The molecule has 32 heavy (non-hydrogen) atoms. The molecule has 1 N–H and O–H groups in total. The fraction of sp³-hybridized carbons (Fsp3) is 0.231. The Hall–Kier alpha value is -3.80. The average molecular weight is 430 g/mol. The maximum absolute atomic E-state index is 12.9. The number of ether oxygens (including phenoxy) is 1. The SMILES string of the molecule is COC(=O)c1ccc(CNc2ccc(C(=O)N3CCN(c4ccccc4)CC3)cc2)cc1. The Labute approximate surface area is 188 Å². The van der Waals surface area contributed by atoms with Gasteiger partial charge in [-0.3, -0.25) is 4.79 Å².